The molecule has 0 aliphatic rings. The minimum atomic E-state index is -5.02. The third-order valence-corrected chi connectivity index (χ3v) is 6.03. The molecule has 2 aromatic carbocycles. The van der Waals surface area contributed by atoms with E-state index in [1.807, 2.05) is 0 Å². The SMILES string of the molecule is O=[N+]([O-])c1cc(C(F)(F)F)cc([N+](=O)[O-])c1NCCNc1c(Cl)c(Cl)c(Cl)c(Cl)c1Cl. The normalized spacial score (nSPS) is 11.4. The first-order valence-electron chi connectivity index (χ1n) is 7.80. The number of nitrogens with zero attached hydrogens (tertiary/aromatic N) is 2. The van der Waals surface area contributed by atoms with Gasteiger partial charge in [0.15, 0.2) is 5.69 Å². The van der Waals surface area contributed by atoms with Crippen LogP contribution in [-0.2, 0) is 6.18 Å². The van der Waals surface area contributed by atoms with Gasteiger partial charge in [-0.15, -0.1) is 0 Å². The molecule has 2 rings (SSSR count). The summed E-state index contributed by atoms with van der Waals surface area (Å²) in [6.07, 6.45) is -5.02. The van der Waals surface area contributed by atoms with E-state index >= 15 is 0 Å². The lowest BCUT2D eigenvalue weighted by Gasteiger charge is -2.15. The number of nitro groups is 2. The second-order valence-corrected chi connectivity index (χ2v) is 7.59. The van der Waals surface area contributed by atoms with Crippen LogP contribution in [0.15, 0.2) is 12.1 Å². The highest BCUT2D eigenvalue weighted by Crippen LogP contribution is 2.47. The zero-order valence-corrected chi connectivity index (χ0v) is 18.4. The van der Waals surface area contributed by atoms with Crippen LogP contribution in [0.25, 0.3) is 0 Å². The van der Waals surface area contributed by atoms with E-state index in [0.717, 1.165) is 0 Å². The van der Waals surface area contributed by atoms with Crippen LogP contribution in [-0.4, -0.2) is 22.9 Å². The van der Waals surface area contributed by atoms with Gasteiger partial charge >= 0.3 is 6.18 Å². The summed E-state index contributed by atoms with van der Waals surface area (Å²) in [4.78, 5) is 20.1. The molecule has 0 bridgehead atoms. The summed E-state index contributed by atoms with van der Waals surface area (Å²) in [5.41, 5.74) is -4.39. The highest BCUT2D eigenvalue weighted by Gasteiger charge is 2.37. The third kappa shape index (κ3) is 5.47. The summed E-state index contributed by atoms with van der Waals surface area (Å²) < 4.78 is 38.8. The molecule has 16 heteroatoms. The lowest BCUT2D eigenvalue weighted by atomic mass is 10.1. The summed E-state index contributed by atoms with van der Waals surface area (Å²) >= 11 is 29.8. The fourth-order valence-electron chi connectivity index (χ4n) is 2.38. The van der Waals surface area contributed by atoms with Crippen LogP contribution in [0.4, 0.5) is 35.9 Å². The highest BCUT2D eigenvalue weighted by molar-refractivity contribution is 6.56. The van der Waals surface area contributed by atoms with Crippen molar-refractivity contribution in [3.63, 3.8) is 0 Å². The van der Waals surface area contributed by atoms with Gasteiger partial charge in [0.05, 0.1) is 46.2 Å². The monoisotopic (exact) mass is 540 g/mol. The first-order chi connectivity index (χ1) is 14.3. The molecule has 2 aromatic rings. The van der Waals surface area contributed by atoms with Crippen LogP contribution in [0.2, 0.25) is 25.1 Å². The van der Waals surface area contributed by atoms with Gasteiger partial charge in [0.2, 0.25) is 0 Å². The summed E-state index contributed by atoms with van der Waals surface area (Å²) in [6.45, 7) is -0.319. The second-order valence-electron chi connectivity index (χ2n) is 5.70. The Balaban J connectivity index is 2.31. The summed E-state index contributed by atoms with van der Waals surface area (Å²) in [5.74, 6) is 0. The van der Waals surface area contributed by atoms with Crippen LogP contribution in [0.3, 0.4) is 0 Å². The van der Waals surface area contributed by atoms with E-state index in [1.165, 1.54) is 0 Å². The van der Waals surface area contributed by atoms with E-state index in [1.54, 1.807) is 0 Å². The number of halogens is 8. The number of nitrogens with one attached hydrogen (secondary N) is 2. The zero-order chi connectivity index (χ0) is 23.7. The molecule has 0 aliphatic heterocycles. The maximum atomic E-state index is 12.9. The average Bonchev–Trinajstić information content (AvgIpc) is 2.68. The van der Waals surface area contributed by atoms with Crippen molar-refractivity contribution < 1.29 is 23.0 Å². The van der Waals surface area contributed by atoms with Crippen molar-refractivity contribution in [1.82, 2.24) is 0 Å². The minimum absolute atomic E-state index is 0.0703. The average molecular weight is 543 g/mol. The van der Waals surface area contributed by atoms with Crippen LogP contribution in [0.1, 0.15) is 5.56 Å². The van der Waals surface area contributed by atoms with E-state index in [9.17, 15) is 33.4 Å². The van der Waals surface area contributed by atoms with Crippen LogP contribution < -0.4 is 10.6 Å². The number of alkyl halides is 3. The van der Waals surface area contributed by atoms with E-state index in [4.69, 9.17) is 58.0 Å². The summed E-state index contributed by atoms with van der Waals surface area (Å²) in [5, 5.41) is 27.1. The molecule has 8 nitrogen and oxygen atoms in total. The van der Waals surface area contributed by atoms with Crippen LogP contribution in [0, 0.1) is 20.2 Å². The predicted molar refractivity (Wildman–Crippen MR) is 113 cm³/mol. The topological polar surface area (TPSA) is 110 Å². The molecule has 0 amide bonds. The Morgan fingerprint density at radius 1 is 0.742 bits per heavy atom. The minimum Gasteiger partial charge on any atom is -0.381 e. The molecule has 0 unspecified atom stereocenters. The van der Waals surface area contributed by atoms with Gasteiger partial charge in [-0.1, -0.05) is 58.0 Å². The molecule has 0 radical (unpaired) electrons. The predicted octanol–water partition coefficient (Wildman–Crippen LogP) is 7.31. The molecule has 0 saturated heterocycles. The lowest BCUT2D eigenvalue weighted by Crippen LogP contribution is -2.17. The molecule has 0 aliphatic carbocycles. The number of anilines is 2. The molecule has 0 aromatic heterocycles. The van der Waals surface area contributed by atoms with Gasteiger partial charge < -0.3 is 10.6 Å². The lowest BCUT2D eigenvalue weighted by molar-refractivity contribution is -0.392. The number of hydrogen-bond donors (Lipinski definition) is 2. The molecular formula is C15H8Cl5F3N4O4. The van der Waals surface area contributed by atoms with Gasteiger partial charge in [-0.25, -0.2) is 0 Å². The molecule has 0 fully saturated rings. The van der Waals surface area contributed by atoms with E-state index in [-0.39, 0.29) is 56.0 Å². The Bertz CT molecular complexity index is 1000. The fourth-order valence-corrected chi connectivity index (χ4v) is 3.65. The number of nitro benzene ring substituents is 2. The van der Waals surface area contributed by atoms with Crippen molar-refractivity contribution in [1.29, 1.82) is 0 Å². The molecule has 31 heavy (non-hydrogen) atoms. The largest absolute Gasteiger partial charge is 0.416 e. The Morgan fingerprint density at radius 2 is 1.10 bits per heavy atom. The maximum absolute atomic E-state index is 12.9. The van der Waals surface area contributed by atoms with Crippen molar-refractivity contribution in [3.05, 3.63) is 63.0 Å². The molecule has 0 heterocycles. The second kappa shape index (κ2) is 9.70. The number of rotatable bonds is 7. The molecule has 168 valence electrons. The Labute approximate surface area is 196 Å². The van der Waals surface area contributed by atoms with Gasteiger partial charge in [-0.3, -0.25) is 20.2 Å². The molecule has 2 N–H and O–H groups in total. The van der Waals surface area contributed by atoms with E-state index < -0.39 is 38.6 Å². The summed E-state index contributed by atoms with van der Waals surface area (Å²) in [7, 11) is 0. The molecule has 0 spiro atoms. The van der Waals surface area contributed by atoms with Crippen molar-refractivity contribution >= 4 is 80.8 Å². The Kier molecular flexibility index (Phi) is 7.93. The Morgan fingerprint density at radius 3 is 1.45 bits per heavy atom. The maximum Gasteiger partial charge on any atom is 0.416 e. The van der Waals surface area contributed by atoms with Gasteiger partial charge in [0.25, 0.3) is 11.4 Å². The third-order valence-electron chi connectivity index (χ3n) is 3.76. The van der Waals surface area contributed by atoms with E-state index in [2.05, 4.69) is 10.6 Å². The highest BCUT2D eigenvalue weighted by atomic mass is 35.5. The van der Waals surface area contributed by atoms with Crippen molar-refractivity contribution in [3.8, 4) is 0 Å². The van der Waals surface area contributed by atoms with E-state index in [0.29, 0.717) is 0 Å². The van der Waals surface area contributed by atoms with Crippen LogP contribution in [0.5, 0.6) is 0 Å². The fraction of sp³-hybridized carbons (Fsp3) is 0.200. The zero-order valence-electron chi connectivity index (χ0n) is 14.6. The first kappa shape index (κ1) is 25.3. The van der Waals surface area contributed by atoms with Crippen molar-refractivity contribution in [2.45, 2.75) is 6.18 Å². The van der Waals surface area contributed by atoms with Gasteiger partial charge in [0.1, 0.15) is 0 Å². The molecule has 0 atom stereocenters. The first-order valence-corrected chi connectivity index (χ1v) is 9.69. The van der Waals surface area contributed by atoms with Gasteiger partial charge in [-0.05, 0) is 0 Å². The number of benzene rings is 2. The van der Waals surface area contributed by atoms with Gasteiger partial charge in [-0.2, -0.15) is 13.2 Å². The van der Waals surface area contributed by atoms with Crippen LogP contribution >= 0.6 is 58.0 Å². The summed E-state index contributed by atoms with van der Waals surface area (Å²) in [6, 6.07) is 0.407. The Hall–Kier alpha value is -1.92. The number of hydrogen-bond acceptors (Lipinski definition) is 6. The molecular weight excluding hydrogens is 534 g/mol. The van der Waals surface area contributed by atoms with Gasteiger partial charge in [0, 0.05) is 25.2 Å². The van der Waals surface area contributed by atoms with Crippen molar-refractivity contribution in [2.24, 2.45) is 0 Å². The molecule has 0 saturated carbocycles. The smallest absolute Gasteiger partial charge is 0.381 e. The quantitative estimate of drug-likeness (QED) is 0.125. The standard InChI is InChI=1S/C15H8Cl5F3N4O4/c16-8-9(17)11(19)14(12(20)10(8)18)25-2-1-24-13-6(26(28)29)3-5(15(21,22)23)4-7(13)27(30)31/h3-4,24-25H,1-2H2. The van der Waals surface area contributed by atoms with Crippen molar-refractivity contribution in [2.75, 3.05) is 23.7 Å².